The summed E-state index contributed by atoms with van der Waals surface area (Å²) in [6.07, 6.45) is 4.44. The van der Waals surface area contributed by atoms with Crippen molar-refractivity contribution in [2.45, 2.75) is 31.7 Å². The van der Waals surface area contributed by atoms with Gasteiger partial charge in [0.15, 0.2) is 0 Å². The van der Waals surface area contributed by atoms with Crippen molar-refractivity contribution in [1.82, 2.24) is 15.5 Å². The van der Waals surface area contributed by atoms with E-state index in [0.29, 0.717) is 11.8 Å². The van der Waals surface area contributed by atoms with Gasteiger partial charge >= 0.3 is 0 Å². The molecule has 1 aliphatic carbocycles. The van der Waals surface area contributed by atoms with Crippen LogP contribution in [-0.4, -0.2) is 29.9 Å². The third kappa shape index (κ3) is 3.83. The van der Waals surface area contributed by atoms with Crippen LogP contribution in [0.4, 0.5) is 0 Å². The first-order valence-electron chi connectivity index (χ1n) is 7.16. The largest absolute Gasteiger partial charge is 0.497 e. The third-order valence-corrected chi connectivity index (χ3v) is 4.14. The fourth-order valence-electron chi connectivity index (χ4n) is 2.09. The van der Waals surface area contributed by atoms with Crippen molar-refractivity contribution in [2.75, 3.05) is 13.7 Å². The Morgan fingerprint density at radius 3 is 3.00 bits per heavy atom. The zero-order valence-corrected chi connectivity index (χ0v) is 13.5. The molecule has 1 fully saturated rings. The van der Waals surface area contributed by atoms with Crippen LogP contribution in [-0.2, 0) is 6.42 Å². The van der Waals surface area contributed by atoms with Gasteiger partial charge in [0.05, 0.1) is 12.7 Å². The molecule has 112 valence electrons. The lowest BCUT2D eigenvalue weighted by molar-refractivity contribution is 0.414. The monoisotopic (exact) mass is 351 g/mol. The van der Waals surface area contributed by atoms with E-state index in [1.54, 1.807) is 7.11 Å². The van der Waals surface area contributed by atoms with Crippen LogP contribution in [0.5, 0.6) is 5.75 Å². The molecule has 1 aromatic heterocycles. The van der Waals surface area contributed by atoms with Crippen molar-refractivity contribution in [3.8, 4) is 17.2 Å². The number of aryl methyl sites for hydroxylation is 1. The van der Waals surface area contributed by atoms with Crippen LogP contribution in [0, 0.1) is 0 Å². The number of nitrogens with one attached hydrogen (secondary N) is 1. The molecule has 1 heterocycles. The molecule has 0 radical (unpaired) electrons. The summed E-state index contributed by atoms with van der Waals surface area (Å²) in [6, 6.07) is 6.43. The fourth-order valence-corrected chi connectivity index (χ4v) is 2.51. The number of ether oxygens (including phenoxy) is 1. The topological polar surface area (TPSA) is 60.2 Å². The van der Waals surface area contributed by atoms with Gasteiger partial charge in [0, 0.05) is 16.9 Å². The average Bonchev–Trinajstić information content (AvgIpc) is 3.21. The summed E-state index contributed by atoms with van der Waals surface area (Å²) in [4.78, 5) is 0. The van der Waals surface area contributed by atoms with Gasteiger partial charge in [-0.2, -0.15) is 0 Å². The van der Waals surface area contributed by atoms with E-state index in [2.05, 4.69) is 31.4 Å². The fraction of sp³-hybridized carbons (Fsp3) is 0.467. The van der Waals surface area contributed by atoms with Crippen molar-refractivity contribution in [1.29, 1.82) is 0 Å². The van der Waals surface area contributed by atoms with Crippen molar-refractivity contribution >= 4 is 15.9 Å². The van der Waals surface area contributed by atoms with Gasteiger partial charge in [0.2, 0.25) is 11.8 Å². The van der Waals surface area contributed by atoms with E-state index in [1.807, 2.05) is 18.2 Å². The molecular weight excluding hydrogens is 334 g/mol. The first-order chi connectivity index (χ1) is 10.3. The predicted octanol–water partition coefficient (Wildman–Crippen LogP) is 3.19. The van der Waals surface area contributed by atoms with Crippen molar-refractivity contribution in [3.63, 3.8) is 0 Å². The average molecular weight is 352 g/mol. The standard InChI is InChI=1S/C15H18BrN3O2/c1-20-11-6-7-13(16)12(9-11)15-19-18-14(21-15)3-2-8-17-10-4-5-10/h6-7,9-10,17H,2-5,8H2,1H3. The van der Waals surface area contributed by atoms with E-state index < -0.39 is 0 Å². The zero-order valence-electron chi connectivity index (χ0n) is 11.9. The van der Waals surface area contributed by atoms with Crippen LogP contribution in [0.3, 0.4) is 0 Å². The number of rotatable bonds is 7. The van der Waals surface area contributed by atoms with Crippen molar-refractivity contribution in [2.24, 2.45) is 0 Å². The molecule has 3 rings (SSSR count). The minimum absolute atomic E-state index is 0.519. The number of benzene rings is 1. The summed E-state index contributed by atoms with van der Waals surface area (Å²) in [5.41, 5.74) is 0.851. The van der Waals surface area contributed by atoms with E-state index in [-0.39, 0.29) is 0 Å². The van der Waals surface area contributed by atoms with Gasteiger partial charge in [-0.15, -0.1) is 10.2 Å². The Morgan fingerprint density at radius 2 is 2.24 bits per heavy atom. The Bertz CT molecular complexity index is 611. The molecule has 1 aliphatic rings. The highest BCUT2D eigenvalue weighted by Gasteiger charge is 2.19. The molecule has 0 bridgehead atoms. The summed E-state index contributed by atoms with van der Waals surface area (Å²) < 4.78 is 11.9. The Balaban J connectivity index is 1.63. The van der Waals surface area contributed by atoms with Crippen LogP contribution in [0.2, 0.25) is 0 Å². The second-order valence-corrected chi connectivity index (χ2v) is 6.03. The summed E-state index contributed by atoms with van der Waals surface area (Å²) >= 11 is 3.50. The van der Waals surface area contributed by atoms with Crippen LogP contribution in [0.25, 0.3) is 11.5 Å². The lowest BCUT2D eigenvalue weighted by Gasteiger charge is -2.03. The molecule has 1 saturated carbocycles. The van der Waals surface area contributed by atoms with Gasteiger partial charge in [-0.25, -0.2) is 0 Å². The van der Waals surface area contributed by atoms with Gasteiger partial charge in [-0.1, -0.05) is 0 Å². The Kier molecular flexibility index (Phi) is 4.55. The van der Waals surface area contributed by atoms with Gasteiger partial charge in [-0.3, -0.25) is 0 Å². The summed E-state index contributed by atoms with van der Waals surface area (Å²) in [7, 11) is 1.64. The van der Waals surface area contributed by atoms with Crippen LogP contribution < -0.4 is 10.1 Å². The second kappa shape index (κ2) is 6.58. The van der Waals surface area contributed by atoms with E-state index in [4.69, 9.17) is 9.15 Å². The molecule has 0 spiro atoms. The number of methoxy groups -OCH3 is 1. The number of aromatic nitrogens is 2. The van der Waals surface area contributed by atoms with Crippen LogP contribution >= 0.6 is 15.9 Å². The van der Waals surface area contributed by atoms with Gasteiger partial charge < -0.3 is 14.5 Å². The van der Waals surface area contributed by atoms with E-state index in [0.717, 1.165) is 41.2 Å². The predicted molar refractivity (Wildman–Crippen MR) is 83.3 cm³/mol. The lowest BCUT2D eigenvalue weighted by atomic mass is 10.2. The normalized spacial score (nSPS) is 14.4. The van der Waals surface area contributed by atoms with Gasteiger partial charge in [0.25, 0.3) is 0 Å². The maximum absolute atomic E-state index is 5.74. The van der Waals surface area contributed by atoms with E-state index in [1.165, 1.54) is 12.8 Å². The van der Waals surface area contributed by atoms with E-state index >= 15 is 0 Å². The molecule has 21 heavy (non-hydrogen) atoms. The number of hydrogen-bond donors (Lipinski definition) is 1. The van der Waals surface area contributed by atoms with Crippen LogP contribution in [0.1, 0.15) is 25.2 Å². The SMILES string of the molecule is COc1ccc(Br)c(-c2nnc(CCCNC3CC3)o2)c1. The quantitative estimate of drug-likeness (QED) is 0.776. The molecule has 0 aliphatic heterocycles. The second-order valence-electron chi connectivity index (χ2n) is 5.18. The molecule has 2 aromatic rings. The molecule has 0 unspecified atom stereocenters. The van der Waals surface area contributed by atoms with Gasteiger partial charge in [0.1, 0.15) is 5.75 Å². The number of halogens is 1. The highest BCUT2D eigenvalue weighted by molar-refractivity contribution is 9.10. The highest BCUT2D eigenvalue weighted by Crippen LogP contribution is 2.31. The number of hydrogen-bond acceptors (Lipinski definition) is 5. The minimum atomic E-state index is 0.519. The highest BCUT2D eigenvalue weighted by atomic mass is 79.9. The summed E-state index contributed by atoms with van der Waals surface area (Å²) in [5.74, 6) is 1.96. The Hall–Kier alpha value is -1.40. The lowest BCUT2D eigenvalue weighted by Crippen LogP contribution is -2.17. The molecule has 6 heteroatoms. The first-order valence-corrected chi connectivity index (χ1v) is 7.95. The minimum Gasteiger partial charge on any atom is -0.497 e. The van der Waals surface area contributed by atoms with E-state index in [9.17, 15) is 0 Å². The maximum atomic E-state index is 5.74. The molecule has 0 amide bonds. The molecular formula is C15H18BrN3O2. The first kappa shape index (κ1) is 14.5. The molecule has 1 aromatic carbocycles. The summed E-state index contributed by atoms with van der Waals surface area (Å²) in [5, 5.41) is 11.7. The molecule has 5 nitrogen and oxygen atoms in total. The third-order valence-electron chi connectivity index (χ3n) is 3.45. The summed E-state index contributed by atoms with van der Waals surface area (Å²) in [6.45, 7) is 1.01. The van der Waals surface area contributed by atoms with Crippen molar-refractivity contribution < 1.29 is 9.15 Å². The Morgan fingerprint density at radius 1 is 1.38 bits per heavy atom. The molecule has 0 saturated heterocycles. The van der Waals surface area contributed by atoms with Crippen LogP contribution in [0.15, 0.2) is 27.1 Å². The number of nitrogens with zero attached hydrogens (tertiary/aromatic N) is 2. The molecule has 1 N–H and O–H groups in total. The Labute approximate surface area is 132 Å². The maximum Gasteiger partial charge on any atom is 0.249 e. The van der Waals surface area contributed by atoms with Gasteiger partial charge in [-0.05, 0) is 59.9 Å². The molecule has 0 atom stereocenters. The zero-order chi connectivity index (χ0) is 14.7. The smallest absolute Gasteiger partial charge is 0.249 e. The van der Waals surface area contributed by atoms with Crippen molar-refractivity contribution in [3.05, 3.63) is 28.6 Å².